The van der Waals surface area contributed by atoms with E-state index in [1.807, 2.05) is 66.4 Å². The minimum atomic E-state index is -0.441. The van der Waals surface area contributed by atoms with Crippen LogP contribution in [-0.4, -0.2) is 41.1 Å². The SMILES string of the molecule is CCOC(=O)c1c(NC(=O)C(C)Sc2cccc(NC(=O)N3c4ccccc4SC4C=CC=CC43)c2)sc2c1CCCCC2. The number of anilines is 3. The highest BCUT2D eigenvalue weighted by Crippen LogP contribution is 2.44. The van der Waals surface area contributed by atoms with Crippen molar-refractivity contribution >= 4 is 69.1 Å². The molecule has 228 valence electrons. The number of thiophene rings is 1. The maximum atomic E-state index is 13.7. The average Bonchev–Trinajstić information content (AvgIpc) is 3.19. The molecule has 0 radical (unpaired) electrons. The zero-order valence-electron chi connectivity index (χ0n) is 24.7. The number of amides is 3. The van der Waals surface area contributed by atoms with Gasteiger partial charge < -0.3 is 15.4 Å². The number of nitrogens with one attached hydrogen (secondary N) is 2. The molecule has 2 heterocycles. The Labute approximate surface area is 270 Å². The van der Waals surface area contributed by atoms with Crippen LogP contribution in [0.4, 0.5) is 21.2 Å². The Morgan fingerprint density at radius 1 is 1.02 bits per heavy atom. The maximum absolute atomic E-state index is 13.7. The van der Waals surface area contributed by atoms with E-state index in [-0.39, 0.29) is 35.8 Å². The molecule has 2 aliphatic carbocycles. The molecule has 3 unspecified atom stereocenters. The third-order valence-corrected chi connectivity index (χ3v) is 11.5. The molecule has 3 amide bonds. The Hall–Kier alpha value is -3.47. The van der Waals surface area contributed by atoms with Gasteiger partial charge in [-0.15, -0.1) is 34.9 Å². The van der Waals surface area contributed by atoms with Crippen molar-refractivity contribution in [2.24, 2.45) is 0 Å². The van der Waals surface area contributed by atoms with Gasteiger partial charge in [-0.25, -0.2) is 9.59 Å². The highest BCUT2D eigenvalue weighted by molar-refractivity contribution is 8.00. The van der Waals surface area contributed by atoms with Crippen molar-refractivity contribution in [3.05, 3.63) is 88.8 Å². The van der Waals surface area contributed by atoms with E-state index in [9.17, 15) is 14.4 Å². The summed E-state index contributed by atoms with van der Waals surface area (Å²) in [5.74, 6) is -0.552. The molecule has 3 atom stereocenters. The Morgan fingerprint density at radius 3 is 2.70 bits per heavy atom. The number of thioether (sulfide) groups is 2. The lowest BCUT2D eigenvalue weighted by Gasteiger charge is -2.40. The van der Waals surface area contributed by atoms with E-state index in [1.54, 1.807) is 18.7 Å². The van der Waals surface area contributed by atoms with Gasteiger partial charge >= 0.3 is 12.0 Å². The predicted octanol–water partition coefficient (Wildman–Crippen LogP) is 8.32. The topological polar surface area (TPSA) is 87.7 Å². The first-order valence-electron chi connectivity index (χ1n) is 15.0. The van der Waals surface area contributed by atoms with E-state index in [1.165, 1.54) is 28.0 Å². The number of hydrogen-bond acceptors (Lipinski definition) is 7. The normalized spacial score (nSPS) is 19.2. The van der Waals surface area contributed by atoms with Gasteiger partial charge in [0.25, 0.3) is 0 Å². The Bertz CT molecular complexity index is 1630. The minimum absolute atomic E-state index is 0.0898. The molecule has 7 nitrogen and oxygen atoms in total. The zero-order valence-corrected chi connectivity index (χ0v) is 27.2. The van der Waals surface area contributed by atoms with E-state index in [2.05, 4.69) is 28.9 Å². The number of allylic oxidation sites excluding steroid dienone is 2. The van der Waals surface area contributed by atoms with Gasteiger partial charge in [0, 0.05) is 20.4 Å². The highest BCUT2D eigenvalue weighted by atomic mass is 32.2. The second kappa shape index (κ2) is 13.7. The van der Waals surface area contributed by atoms with E-state index in [4.69, 9.17) is 4.74 Å². The third kappa shape index (κ3) is 6.48. The molecule has 1 aliphatic heterocycles. The molecule has 0 fully saturated rings. The van der Waals surface area contributed by atoms with E-state index < -0.39 is 5.25 Å². The number of aryl methyl sites for hydroxylation is 1. The van der Waals surface area contributed by atoms with Crippen molar-refractivity contribution in [1.82, 2.24) is 0 Å². The molecule has 0 bridgehead atoms. The molecule has 3 aliphatic rings. The van der Waals surface area contributed by atoms with E-state index in [0.717, 1.165) is 53.1 Å². The standard InChI is InChI=1S/C34H35N3O4S3/c1-3-41-33(39)30-24-14-5-4-6-17-27(24)44-32(30)36-31(38)21(2)42-23-13-11-12-22(20-23)35-34(40)37-25-15-7-9-18-28(25)43-29-19-10-8-16-26(29)37/h7-13,15-16,18-21,25,28H,3-6,14,17H2,1-2H3,(H,35,40)(H,36,38). The van der Waals surface area contributed by atoms with Crippen LogP contribution in [0.5, 0.6) is 0 Å². The first-order chi connectivity index (χ1) is 21.4. The van der Waals surface area contributed by atoms with Crippen LogP contribution in [0.3, 0.4) is 0 Å². The summed E-state index contributed by atoms with van der Waals surface area (Å²) in [4.78, 5) is 44.9. The fourth-order valence-electron chi connectivity index (χ4n) is 5.78. The van der Waals surface area contributed by atoms with Crippen LogP contribution in [0, 0.1) is 0 Å². The number of urea groups is 1. The molecule has 6 rings (SSSR count). The van der Waals surface area contributed by atoms with Crippen molar-refractivity contribution in [2.45, 2.75) is 72.3 Å². The number of para-hydroxylation sites is 1. The summed E-state index contributed by atoms with van der Waals surface area (Å²) in [5, 5.41) is 6.41. The Kier molecular flexibility index (Phi) is 9.49. The number of hydrogen-bond donors (Lipinski definition) is 2. The van der Waals surface area contributed by atoms with Crippen molar-refractivity contribution in [1.29, 1.82) is 0 Å². The summed E-state index contributed by atoms with van der Waals surface area (Å²) in [6.45, 7) is 3.93. The van der Waals surface area contributed by atoms with Gasteiger partial charge in [-0.2, -0.15) is 0 Å². The Morgan fingerprint density at radius 2 is 1.84 bits per heavy atom. The molecule has 0 spiro atoms. The van der Waals surface area contributed by atoms with Gasteiger partial charge in [0.1, 0.15) is 5.00 Å². The summed E-state index contributed by atoms with van der Waals surface area (Å²) >= 11 is 4.68. The lowest BCUT2D eigenvalue weighted by molar-refractivity contribution is -0.115. The minimum Gasteiger partial charge on any atom is -0.462 e. The number of rotatable bonds is 7. The smallest absolute Gasteiger partial charge is 0.341 e. The zero-order chi connectivity index (χ0) is 30.6. The van der Waals surface area contributed by atoms with Crippen LogP contribution in [-0.2, 0) is 22.4 Å². The molecule has 2 N–H and O–H groups in total. The van der Waals surface area contributed by atoms with Crippen LogP contribution in [0.15, 0.2) is 82.6 Å². The number of carbonyl (C=O) groups is 3. The average molecular weight is 646 g/mol. The van der Waals surface area contributed by atoms with Crippen molar-refractivity contribution < 1.29 is 19.1 Å². The number of nitrogens with zero attached hydrogens (tertiary/aromatic N) is 1. The number of carbonyl (C=O) groups excluding carboxylic acids is 3. The highest BCUT2D eigenvalue weighted by Gasteiger charge is 2.36. The lowest BCUT2D eigenvalue weighted by Crippen LogP contribution is -2.49. The molecular weight excluding hydrogens is 611 g/mol. The summed E-state index contributed by atoms with van der Waals surface area (Å²) < 4.78 is 5.37. The fourth-order valence-corrected chi connectivity index (χ4v) is 9.24. The maximum Gasteiger partial charge on any atom is 0.341 e. The van der Waals surface area contributed by atoms with Gasteiger partial charge in [0.15, 0.2) is 0 Å². The monoisotopic (exact) mass is 645 g/mol. The van der Waals surface area contributed by atoms with Gasteiger partial charge in [-0.1, -0.05) is 48.9 Å². The number of esters is 1. The predicted molar refractivity (Wildman–Crippen MR) is 182 cm³/mol. The Balaban J connectivity index is 1.15. The molecule has 3 aromatic rings. The number of ether oxygens (including phenoxy) is 1. The summed E-state index contributed by atoms with van der Waals surface area (Å²) in [6, 6.07) is 15.2. The van der Waals surface area contributed by atoms with E-state index in [0.29, 0.717) is 16.3 Å². The largest absolute Gasteiger partial charge is 0.462 e. The number of benzene rings is 2. The van der Waals surface area contributed by atoms with Gasteiger partial charge in [-0.05, 0) is 75.4 Å². The van der Waals surface area contributed by atoms with Crippen LogP contribution < -0.4 is 15.5 Å². The van der Waals surface area contributed by atoms with Crippen molar-refractivity contribution in [3.63, 3.8) is 0 Å². The first-order valence-corrected chi connectivity index (χ1v) is 17.6. The molecule has 0 saturated carbocycles. The summed E-state index contributed by atoms with van der Waals surface area (Å²) in [6.07, 6.45) is 13.2. The van der Waals surface area contributed by atoms with Crippen LogP contribution in [0.2, 0.25) is 0 Å². The molecule has 0 saturated heterocycles. The van der Waals surface area contributed by atoms with Gasteiger partial charge in [0.2, 0.25) is 5.91 Å². The van der Waals surface area contributed by atoms with E-state index >= 15 is 0 Å². The second-order valence-corrected chi connectivity index (χ2v) is 14.6. The van der Waals surface area contributed by atoms with Crippen LogP contribution >= 0.6 is 34.9 Å². The number of fused-ring (bicyclic) bond motifs is 3. The van der Waals surface area contributed by atoms with Gasteiger partial charge in [-0.3, -0.25) is 9.69 Å². The second-order valence-electron chi connectivity index (χ2n) is 10.9. The lowest BCUT2D eigenvalue weighted by atomic mass is 10.1. The van der Waals surface area contributed by atoms with Gasteiger partial charge in [0.05, 0.1) is 34.4 Å². The van der Waals surface area contributed by atoms with Crippen molar-refractivity contribution in [3.8, 4) is 0 Å². The summed E-state index contributed by atoms with van der Waals surface area (Å²) in [5.41, 5.74) is 3.10. The molecule has 10 heteroatoms. The third-order valence-electron chi connectivity index (χ3n) is 7.87. The molecule has 1 aromatic heterocycles. The quantitative estimate of drug-likeness (QED) is 0.153. The van der Waals surface area contributed by atoms with Crippen LogP contribution in [0.25, 0.3) is 0 Å². The fraction of sp³-hybridized carbons (Fsp3) is 0.324. The molecule has 2 aromatic carbocycles. The molecular formula is C34H35N3O4S3. The van der Waals surface area contributed by atoms with Crippen molar-refractivity contribution in [2.75, 3.05) is 22.1 Å². The summed E-state index contributed by atoms with van der Waals surface area (Å²) in [7, 11) is 0. The first kappa shape index (κ1) is 30.6. The molecule has 44 heavy (non-hydrogen) atoms. The van der Waals surface area contributed by atoms with Crippen LogP contribution in [0.1, 0.15) is 53.9 Å².